The second-order valence-electron chi connectivity index (χ2n) is 4.28. The van der Waals surface area contributed by atoms with Crippen LogP contribution in [0.5, 0.6) is 0 Å². The molecule has 0 unspecified atom stereocenters. The molecule has 0 saturated carbocycles. The second kappa shape index (κ2) is 4.00. The first-order valence-electron chi connectivity index (χ1n) is 4.93. The lowest BCUT2D eigenvalue weighted by Crippen LogP contribution is -2.50. The molecule has 1 aromatic rings. The minimum Gasteiger partial charge on any atom is -0.480 e. The molecule has 0 spiro atoms. The van der Waals surface area contributed by atoms with Crippen molar-refractivity contribution in [3.8, 4) is 0 Å². The lowest BCUT2D eigenvalue weighted by molar-refractivity contribution is -0.147. The molecule has 0 atom stereocenters. The van der Waals surface area contributed by atoms with Gasteiger partial charge in [-0.25, -0.2) is 4.79 Å². The van der Waals surface area contributed by atoms with Crippen LogP contribution in [-0.4, -0.2) is 39.5 Å². The smallest absolute Gasteiger partial charge is 0.329 e. The first kappa shape index (κ1) is 12.3. The fraction of sp³-hybridized carbons (Fsp3) is 0.455. The zero-order chi connectivity index (χ0) is 12.5. The van der Waals surface area contributed by atoms with E-state index in [1.54, 1.807) is 19.3 Å². The number of carbonyl (C=O) groups is 2. The van der Waals surface area contributed by atoms with E-state index in [1.807, 2.05) is 0 Å². The van der Waals surface area contributed by atoms with E-state index >= 15 is 0 Å². The van der Waals surface area contributed by atoms with Gasteiger partial charge in [-0.2, -0.15) is 0 Å². The van der Waals surface area contributed by atoms with Gasteiger partial charge in [0, 0.05) is 19.4 Å². The number of aromatic nitrogens is 1. The molecule has 16 heavy (non-hydrogen) atoms. The molecule has 0 aliphatic rings. The van der Waals surface area contributed by atoms with E-state index in [4.69, 9.17) is 5.11 Å². The summed E-state index contributed by atoms with van der Waals surface area (Å²) >= 11 is 0. The maximum Gasteiger partial charge on any atom is 0.329 e. The highest BCUT2D eigenvalue weighted by atomic mass is 16.4. The van der Waals surface area contributed by atoms with Gasteiger partial charge in [0.05, 0.1) is 5.56 Å². The number of aromatic amines is 1. The molecular weight excluding hydrogens is 208 g/mol. The lowest BCUT2D eigenvalue weighted by Gasteiger charge is -2.31. The fourth-order valence-corrected chi connectivity index (χ4v) is 1.25. The van der Waals surface area contributed by atoms with Crippen LogP contribution in [0.4, 0.5) is 0 Å². The SMILES string of the molecule is Cc1c[nH]cc1C(=O)N(C)C(C)(C)C(=O)O. The fourth-order valence-electron chi connectivity index (χ4n) is 1.25. The van der Waals surface area contributed by atoms with Crippen molar-refractivity contribution in [3.05, 3.63) is 23.5 Å². The molecule has 1 heterocycles. The van der Waals surface area contributed by atoms with Gasteiger partial charge in [0.25, 0.3) is 5.91 Å². The van der Waals surface area contributed by atoms with Crippen LogP contribution in [0, 0.1) is 6.92 Å². The van der Waals surface area contributed by atoms with Crippen molar-refractivity contribution in [3.63, 3.8) is 0 Å². The van der Waals surface area contributed by atoms with Gasteiger partial charge in [-0.05, 0) is 26.3 Å². The number of rotatable bonds is 3. The number of hydrogen-bond donors (Lipinski definition) is 2. The average molecular weight is 224 g/mol. The molecule has 5 nitrogen and oxygen atoms in total. The Morgan fingerprint density at radius 2 is 1.94 bits per heavy atom. The molecule has 88 valence electrons. The van der Waals surface area contributed by atoms with Crippen molar-refractivity contribution in [1.29, 1.82) is 0 Å². The molecule has 0 aliphatic carbocycles. The molecule has 1 amide bonds. The Kier molecular flexibility index (Phi) is 3.07. The van der Waals surface area contributed by atoms with Crippen molar-refractivity contribution in [2.75, 3.05) is 7.05 Å². The van der Waals surface area contributed by atoms with E-state index in [-0.39, 0.29) is 5.91 Å². The molecule has 0 bridgehead atoms. The molecule has 0 aromatic carbocycles. The predicted molar refractivity (Wildman–Crippen MR) is 59.3 cm³/mol. The first-order valence-corrected chi connectivity index (χ1v) is 4.93. The van der Waals surface area contributed by atoms with Crippen LogP contribution in [0.3, 0.4) is 0 Å². The van der Waals surface area contributed by atoms with Crippen LogP contribution in [0.2, 0.25) is 0 Å². The number of nitrogens with zero attached hydrogens (tertiary/aromatic N) is 1. The standard InChI is InChI=1S/C11H16N2O3/c1-7-5-12-6-8(7)9(14)13(4)11(2,3)10(15)16/h5-6,12H,1-4H3,(H,15,16). The summed E-state index contributed by atoms with van der Waals surface area (Å²) in [4.78, 5) is 27.1. The molecule has 0 saturated heterocycles. The van der Waals surface area contributed by atoms with Crippen LogP contribution >= 0.6 is 0 Å². The number of H-pyrrole nitrogens is 1. The Balaban J connectivity index is 3.00. The summed E-state index contributed by atoms with van der Waals surface area (Å²) in [7, 11) is 1.49. The van der Waals surface area contributed by atoms with Crippen molar-refractivity contribution in [1.82, 2.24) is 9.88 Å². The highest BCUT2D eigenvalue weighted by Crippen LogP contribution is 2.17. The number of carbonyl (C=O) groups excluding carboxylic acids is 1. The first-order chi connectivity index (χ1) is 7.28. The van der Waals surface area contributed by atoms with Crippen LogP contribution in [-0.2, 0) is 4.79 Å². The van der Waals surface area contributed by atoms with Crippen molar-refractivity contribution < 1.29 is 14.7 Å². The molecule has 2 N–H and O–H groups in total. The summed E-state index contributed by atoms with van der Waals surface area (Å²) in [5.74, 6) is -1.33. The van der Waals surface area contributed by atoms with Crippen LogP contribution in [0.1, 0.15) is 29.8 Å². The minimum absolute atomic E-state index is 0.300. The molecule has 1 aromatic heterocycles. The third-order valence-corrected chi connectivity index (χ3v) is 2.85. The zero-order valence-electron chi connectivity index (χ0n) is 9.87. The Bertz CT molecular complexity index is 421. The minimum atomic E-state index is -1.22. The number of amides is 1. The maximum absolute atomic E-state index is 12.0. The van der Waals surface area contributed by atoms with Crippen molar-refractivity contribution in [2.24, 2.45) is 0 Å². The third-order valence-electron chi connectivity index (χ3n) is 2.85. The highest BCUT2D eigenvalue weighted by Gasteiger charge is 2.36. The van der Waals surface area contributed by atoms with Crippen molar-refractivity contribution >= 4 is 11.9 Å². The predicted octanol–water partition coefficient (Wildman–Crippen LogP) is 1.26. The van der Waals surface area contributed by atoms with Gasteiger partial charge in [-0.3, -0.25) is 4.79 Å². The topological polar surface area (TPSA) is 73.4 Å². The number of carboxylic acids is 1. The zero-order valence-corrected chi connectivity index (χ0v) is 9.87. The van der Waals surface area contributed by atoms with E-state index < -0.39 is 11.5 Å². The van der Waals surface area contributed by atoms with Gasteiger partial charge in [0.1, 0.15) is 5.54 Å². The van der Waals surface area contributed by atoms with Gasteiger partial charge < -0.3 is 15.0 Å². The normalized spacial score (nSPS) is 11.2. The Labute approximate surface area is 94.1 Å². The number of nitrogens with one attached hydrogen (secondary N) is 1. The highest BCUT2D eigenvalue weighted by molar-refractivity contribution is 5.98. The molecule has 0 radical (unpaired) electrons. The van der Waals surface area contributed by atoms with E-state index in [0.29, 0.717) is 5.56 Å². The number of likely N-dealkylation sites (N-methyl/N-ethyl adjacent to an activating group) is 1. The third kappa shape index (κ3) is 1.93. The summed E-state index contributed by atoms with van der Waals surface area (Å²) in [6, 6.07) is 0. The van der Waals surface area contributed by atoms with E-state index in [0.717, 1.165) is 5.56 Å². The van der Waals surface area contributed by atoms with Crippen LogP contribution in [0.15, 0.2) is 12.4 Å². The maximum atomic E-state index is 12.0. The van der Waals surface area contributed by atoms with Crippen LogP contribution in [0.25, 0.3) is 0 Å². The summed E-state index contributed by atoms with van der Waals surface area (Å²) in [6.45, 7) is 4.79. The summed E-state index contributed by atoms with van der Waals surface area (Å²) in [5.41, 5.74) is 0.0794. The summed E-state index contributed by atoms with van der Waals surface area (Å²) < 4.78 is 0. The van der Waals surface area contributed by atoms with Gasteiger partial charge in [-0.1, -0.05) is 0 Å². The number of aliphatic carboxylic acids is 1. The number of hydrogen-bond acceptors (Lipinski definition) is 2. The van der Waals surface area contributed by atoms with E-state index in [1.165, 1.54) is 25.8 Å². The Hall–Kier alpha value is -1.78. The van der Waals surface area contributed by atoms with Gasteiger partial charge in [-0.15, -0.1) is 0 Å². The monoisotopic (exact) mass is 224 g/mol. The van der Waals surface area contributed by atoms with Gasteiger partial charge in [0.15, 0.2) is 0 Å². The quantitative estimate of drug-likeness (QED) is 0.811. The van der Waals surface area contributed by atoms with Gasteiger partial charge in [0.2, 0.25) is 0 Å². The molecular formula is C11H16N2O3. The number of carboxylic acid groups (broad SMARTS) is 1. The van der Waals surface area contributed by atoms with E-state index in [2.05, 4.69) is 4.98 Å². The average Bonchev–Trinajstić information content (AvgIpc) is 2.61. The second-order valence-corrected chi connectivity index (χ2v) is 4.28. The summed E-state index contributed by atoms with van der Waals surface area (Å²) in [5, 5.41) is 9.03. The molecule has 1 rings (SSSR count). The number of aryl methyl sites for hydroxylation is 1. The lowest BCUT2D eigenvalue weighted by atomic mass is 10.0. The molecule has 5 heteroatoms. The molecule has 0 aliphatic heterocycles. The van der Waals surface area contributed by atoms with Gasteiger partial charge >= 0.3 is 5.97 Å². The summed E-state index contributed by atoms with van der Waals surface area (Å²) in [6.07, 6.45) is 3.28. The van der Waals surface area contributed by atoms with E-state index in [9.17, 15) is 9.59 Å². The molecule has 0 fully saturated rings. The largest absolute Gasteiger partial charge is 0.480 e. The van der Waals surface area contributed by atoms with Crippen molar-refractivity contribution in [2.45, 2.75) is 26.3 Å². The Morgan fingerprint density at radius 3 is 2.31 bits per heavy atom. The van der Waals surface area contributed by atoms with Crippen LogP contribution < -0.4 is 0 Å². The Morgan fingerprint density at radius 1 is 1.38 bits per heavy atom.